The number of aromatic nitrogens is 2. The van der Waals surface area contributed by atoms with Gasteiger partial charge in [-0.15, -0.1) is 0 Å². The first-order valence-electron chi connectivity index (χ1n) is 11.2. The number of aliphatic hydroxyl groups is 1. The first-order valence-corrected chi connectivity index (χ1v) is 11.2. The van der Waals surface area contributed by atoms with E-state index in [9.17, 15) is 5.11 Å². The smallest absolute Gasteiger partial charge is 0.132 e. The third-order valence-corrected chi connectivity index (χ3v) is 5.47. The molecule has 8 N–H and O–H groups in total. The lowest BCUT2D eigenvalue weighted by molar-refractivity contribution is 0.00200. The minimum absolute atomic E-state index is 0.167. The second-order valence-electron chi connectivity index (χ2n) is 8.47. The van der Waals surface area contributed by atoms with E-state index in [1.54, 1.807) is 18.5 Å². The summed E-state index contributed by atoms with van der Waals surface area (Å²) in [7, 11) is 0. The molecule has 0 radical (unpaired) electrons. The number of nitrogens with one attached hydrogen (secondary N) is 3. The Morgan fingerprint density at radius 3 is 2.79 bits per heavy atom. The monoisotopic (exact) mass is 450 g/mol. The molecule has 0 spiro atoms. The lowest BCUT2D eigenvalue weighted by Gasteiger charge is -2.35. The van der Waals surface area contributed by atoms with Crippen LogP contribution in [-0.2, 0) is 0 Å². The van der Waals surface area contributed by atoms with Gasteiger partial charge in [-0.2, -0.15) is 0 Å². The van der Waals surface area contributed by atoms with E-state index in [1.165, 1.54) is 6.21 Å². The van der Waals surface area contributed by atoms with Crippen molar-refractivity contribution in [1.29, 1.82) is 5.41 Å². The summed E-state index contributed by atoms with van der Waals surface area (Å²) >= 11 is 0. The number of likely N-dealkylation sites (tertiary alicyclic amines) is 1. The normalized spacial score (nSPS) is 16.2. The van der Waals surface area contributed by atoms with E-state index in [-0.39, 0.29) is 12.0 Å². The average molecular weight is 451 g/mol. The topological polar surface area (TPSA) is 149 Å². The van der Waals surface area contributed by atoms with E-state index < -0.39 is 0 Å². The molecule has 2 aromatic rings. The van der Waals surface area contributed by atoms with Gasteiger partial charge in [0.25, 0.3) is 0 Å². The molecule has 1 aliphatic rings. The predicted molar refractivity (Wildman–Crippen MR) is 134 cm³/mol. The SMILES string of the molecule is CC(C)C(=C/N)/C=C(\N)Nc1ccc2ncc(/C(C=N)=C/NCCCN3CC(O)C3)cc2n1. The Morgan fingerprint density at radius 1 is 1.33 bits per heavy atom. The van der Waals surface area contributed by atoms with Crippen molar-refractivity contribution in [2.45, 2.75) is 26.4 Å². The van der Waals surface area contributed by atoms with E-state index >= 15 is 0 Å². The van der Waals surface area contributed by atoms with E-state index in [0.29, 0.717) is 17.2 Å². The maximum Gasteiger partial charge on any atom is 0.132 e. The van der Waals surface area contributed by atoms with Gasteiger partial charge < -0.3 is 32.6 Å². The van der Waals surface area contributed by atoms with E-state index in [2.05, 4.69) is 25.5 Å². The summed E-state index contributed by atoms with van der Waals surface area (Å²) in [6.45, 7) is 7.36. The second-order valence-corrected chi connectivity index (χ2v) is 8.47. The van der Waals surface area contributed by atoms with Crippen LogP contribution in [0.3, 0.4) is 0 Å². The van der Waals surface area contributed by atoms with E-state index in [4.69, 9.17) is 16.9 Å². The highest BCUT2D eigenvalue weighted by Crippen LogP contribution is 2.19. The summed E-state index contributed by atoms with van der Waals surface area (Å²) in [6.07, 6.45) is 9.03. The molecule has 9 nitrogen and oxygen atoms in total. The number of hydrogen-bond acceptors (Lipinski definition) is 9. The third kappa shape index (κ3) is 6.77. The van der Waals surface area contributed by atoms with Crippen LogP contribution in [0.1, 0.15) is 25.8 Å². The lowest BCUT2D eigenvalue weighted by atomic mass is 10.0. The first kappa shape index (κ1) is 24.2. The predicted octanol–water partition coefficient (Wildman–Crippen LogP) is 1.99. The van der Waals surface area contributed by atoms with Gasteiger partial charge in [-0.05, 0) is 48.4 Å². The third-order valence-electron chi connectivity index (χ3n) is 5.47. The van der Waals surface area contributed by atoms with Crippen molar-refractivity contribution in [3.8, 4) is 0 Å². The molecule has 3 rings (SSSR count). The molecule has 0 bridgehead atoms. The number of pyridine rings is 2. The zero-order chi connectivity index (χ0) is 23.8. The first-order chi connectivity index (χ1) is 15.9. The molecular weight excluding hydrogens is 416 g/mol. The van der Waals surface area contributed by atoms with Crippen molar-refractivity contribution in [2.24, 2.45) is 17.4 Å². The molecule has 0 aromatic carbocycles. The van der Waals surface area contributed by atoms with Crippen LogP contribution in [0.4, 0.5) is 5.82 Å². The van der Waals surface area contributed by atoms with Crippen LogP contribution in [0.25, 0.3) is 16.6 Å². The Balaban J connectivity index is 1.66. The van der Waals surface area contributed by atoms with Crippen molar-refractivity contribution in [2.75, 3.05) is 31.5 Å². The van der Waals surface area contributed by atoms with Gasteiger partial charge >= 0.3 is 0 Å². The highest BCUT2D eigenvalue weighted by molar-refractivity contribution is 6.08. The molecule has 0 unspecified atom stereocenters. The zero-order valence-corrected chi connectivity index (χ0v) is 19.3. The zero-order valence-electron chi connectivity index (χ0n) is 19.3. The molecule has 1 fully saturated rings. The summed E-state index contributed by atoms with van der Waals surface area (Å²) < 4.78 is 0. The number of allylic oxidation sites excluding steroid dienone is 3. The second kappa shape index (κ2) is 11.4. The van der Waals surface area contributed by atoms with Crippen molar-refractivity contribution in [3.05, 3.63) is 59.8 Å². The highest BCUT2D eigenvalue weighted by atomic mass is 16.3. The van der Waals surface area contributed by atoms with Gasteiger partial charge in [0.15, 0.2) is 0 Å². The number of hydrogen-bond donors (Lipinski definition) is 6. The van der Waals surface area contributed by atoms with Crippen molar-refractivity contribution >= 4 is 28.6 Å². The van der Waals surface area contributed by atoms with Crippen LogP contribution in [0, 0.1) is 11.3 Å². The van der Waals surface area contributed by atoms with Crippen molar-refractivity contribution in [1.82, 2.24) is 20.2 Å². The molecule has 33 heavy (non-hydrogen) atoms. The Hall–Kier alpha value is -3.43. The number of aliphatic hydroxyl groups excluding tert-OH is 1. The van der Waals surface area contributed by atoms with Crippen LogP contribution >= 0.6 is 0 Å². The van der Waals surface area contributed by atoms with Crippen molar-refractivity contribution < 1.29 is 5.11 Å². The summed E-state index contributed by atoms with van der Waals surface area (Å²) in [4.78, 5) is 11.3. The molecule has 3 heterocycles. The summed E-state index contributed by atoms with van der Waals surface area (Å²) in [6, 6.07) is 5.61. The van der Waals surface area contributed by atoms with Crippen molar-refractivity contribution in [3.63, 3.8) is 0 Å². The molecule has 0 aliphatic carbocycles. The molecule has 0 amide bonds. The van der Waals surface area contributed by atoms with Gasteiger partial charge in [-0.3, -0.25) is 9.88 Å². The maximum absolute atomic E-state index is 9.33. The lowest BCUT2D eigenvalue weighted by Crippen LogP contribution is -2.51. The Kier molecular flexibility index (Phi) is 8.39. The Labute approximate surface area is 194 Å². The maximum atomic E-state index is 9.33. The highest BCUT2D eigenvalue weighted by Gasteiger charge is 2.22. The Bertz CT molecular complexity index is 1050. The van der Waals surface area contributed by atoms with E-state index in [1.807, 2.05) is 38.2 Å². The number of rotatable bonds is 11. The number of fused-ring (bicyclic) bond motifs is 1. The van der Waals surface area contributed by atoms with Gasteiger partial charge in [-0.1, -0.05) is 13.8 Å². The quantitative estimate of drug-likeness (QED) is 0.173. The molecule has 0 atom stereocenters. The number of nitrogens with zero attached hydrogens (tertiary/aromatic N) is 3. The standard InChI is InChI=1S/C24H34N8O/c1-16(2)17(10-25)9-23(27)31-24-5-4-21-22(30-24)8-18(13-29-21)19(11-26)12-28-6-3-7-32-14-20(33)15-32/h4-5,8-13,16,20,26,28,33H,3,6-7,14-15,25,27H2,1-2H3,(H,30,31)/b17-10+,19-12+,23-9+,26-11?. The minimum Gasteiger partial charge on any atom is -0.404 e. The summed E-state index contributed by atoms with van der Waals surface area (Å²) in [5, 5.41) is 23.5. The van der Waals surface area contributed by atoms with Gasteiger partial charge in [0.2, 0.25) is 0 Å². The van der Waals surface area contributed by atoms with Crippen LogP contribution < -0.4 is 22.1 Å². The largest absolute Gasteiger partial charge is 0.404 e. The number of anilines is 1. The number of β-amino-alcohol motifs (C(OH)–C–C–N with tert-alkyl or cyclic N) is 1. The summed E-state index contributed by atoms with van der Waals surface area (Å²) in [5.74, 6) is 1.31. The fraction of sp³-hybridized carbons (Fsp3) is 0.375. The molecule has 0 saturated carbocycles. The molecule has 1 saturated heterocycles. The summed E-state index contributed by atoms with van der Waals surface area (Å²) in [5.41, 5.74) is 15.7. The van der Waals surface area contributed by atoms with Gasteiger partial charge in [0.05, 0.1) is 17.1 Å². The minimum atomic E-state index is -0.167. The molecule has 2 aromatic heterocycles. The van der Waals surface area contributed by atoms with Crippen LogP contribution in [-0.4, -0.2) is 58.5 Å². The average Bonchev–Trinajstić information content (AvgIpc) is 2.77. The van der Waals surface area contributed by atoms with Gasteiger partial charge in [-0.25, -0.2) is 4.98 Å². The molecule has 1 aliphatic heterocycles. The van der Waals surface area contributed by atoms with Crippen LogP contribution in [0.2, 0.25) is 0 Å². The Morgan fingerprint density at radius 2 is 2.12 bits per heavy atom. The molecular formula is C24H34N8O. The van der Waals surface area contributed by atoms with Gasteiger partial charge in [0, 0.05) is 55.9 Å². The molecule has 176 valence electrons. The number of nitrogens with two attached hydrogens (primary N) is 2. The van der Waals surface area contributed by atoms with Crippen LogP contribution in [0.5, 0.6) is 0 Å². The van der Waals surface area contributed by atoms with Crippen LogP contribution in [0.15, 0.2) is 54.3 Å². The fourth-order valence-corrected chi connectivity index (χ4v) is 3.53. The molecule has 9 heteroatoms. The van der Waals surface area contributed by atoms with Gasteiger partial charge in [0.1, 0.15) is 11.6 Å². The van der Waals surface area contributed by atoms with E-state index in [0.717, 1.165) is 54.8 Å². The fourth-order valence-electron chi connectivity index (χ4n) is 3.53.